The molecule has 5 nitrogen and oxygen atoms in total. The van der Waals surface area contributed by atoms with Gasteiger partial charge in [-0.25, -0.2) is 0 Å². The van der Waals surface area contributed by atoms with Gasteiger partial charge in [0.05, 0.1) is 6.61 Å². The highest BCUT2D eigenvalue weighted by molar-refractivity contribution is 5.70. The van der Waals surface area contributed by atoms with Crippen LogP contribution in [0.25, 0.3) is 0 Å². The Labute approximate surface area is 269 Å². The van der Waals surface area contributed by atoms with Gasteiger partial charge in [-0.3, -0.25) is 9.59 Å². The number of aliphatic hydroxyl groups is 1. The Bertz CT molecular complexity index is 875. The molecule has 0 aromatic heterocycles. The van der Waals surface area contributed by atoms with Crippen LogP contribution in [0.1, 0.15) is 129 Å². The second-order valence-electron chi connectivity index (χ2n) is 10.9. The number of unbranched alkanes of at least 4 members (excludes halogenated alkanes) is 7. The van der Waals surface area contributed by atoms with E-state index in [4.69, 9.17) is 9.47 Å². The zero-order valence-corrected chi connectivity index (χ0v) is 27.9. The van der Waals surface area contributed by atoms with Crippen molar-refractivity contribution in [1.29, 1.82) is 0 Å². The SMILES string of the molecule is CC/C=C\C/C=C\C/C=C\C/C=C\C/C=C\C/C=C\CCC(=O)OC(CO)COC(=O)CCCCCCC/C=C\CCCC. The molecule has 0 spiro atoms. The van der Waals surface area contributed by atoms with Gasteiger partial charge in [-0.2, -0.15) is 0 Å². The van der Waals surface area contributed by atoms with Crippen molar-refractivity contribution in [2.24, 2.45) is 0 Å². The molecule has 0 rings (SSSR count). The molecule has 0 radical (unpaired) electrons. The summed E-state index contributed by atoms with van der Waals surface area (Å²) in [6.07, 6.45) is 46.5. The third kappa shape index (κ3) is 32.0. The number of esters is 2. The Morgan fingerprint density at radius 2 is 1.02 bits per heavy atom. The minimum absolute atomic E-state index is 0.106. The fourth-order valence-electron chi connectivity index (χ4n) is 4.09. The Balaban J connectivity index is 3.79. The standard InChI is InChI=1S/C39H62O5/c1-3-5-7-9-11-13-15-16-17-18-19-20-21-22-24-26-28-30-32-34-39(42)44-37(35-40)36-43-38(41)33-31-29-27-25-23-14-12-10-8-6-4-2/h5,7,10-13,16-17,19-20,22,24,28,30,37,40H,3-4,6,8-9,14-15,18,21,23,25-27,29,31-36H2,1-2H3/b7-5-,12-10-,13-11-,17-16-,20-19-,24-22-,30-28-. The number of hydrogen-bond acceptors (Lipinski definition) is 5. The van der Waals surface area contributed by atoms with Gasteiger partial charge in [0.2, 0.25) is 0 Å². The lowest BCUT2D eigenvalue weighted by Gasteiger charge is -2.15. The number of aliphatic hydroxyl groups excluding tert-OH is 1. The van der Waals surface area contributed by atoms with Crippen LogP contribution >= 0.6 is 0 Å². The summed E-state index contributed by atoms with van der Waals surface area (Å²) in [7, 11) is 0. The number of rotatable bonds is 29. The highest BCUT2D eigenvalue weighted by Gasteiger charge is 2.15. The Morgan fingerprint density at radius 3 is 1.57 bits per heavy atom. The van der Waals surface area contributed by atoms with E-state index in [9.17, 15) is 14.7 Å². The van der Waals surface area contributed by atoms with E-state index >= 15 is 0 Å². The molecular weight excluding hydrogens is 548 g/mol. The van der Waals surface area contributed by atoms with Crippen LogP contribution in [0.2, 0.25) is 0 Å². The first-order valence-corrected chi connectivity index (χ1v) is 17.1. The zero-order chi connectivity index (χ0) is 32.2. The van der Waals surface area contributed by atoms with E-state index < -0.39 is 12.1 Å². The van der Waals surface area contributed by atoms with Crippen LogP contribution in [-0.2, 0) is 19.1 Å². The monoisotopic (exact) mass is 610 g/mol. The summed E-state index contributed by atoms with van der Waals surface area (Å²) in [5.74, 6) is -0.712. The highest BCUT2D eigenvalue weighted by atomic mass is 16.6. The summed E-state index contributed by atoms with van der Waals surface area (Å²) in [5.41, 5.74) is 0. The number of ether oxygens (including phenoxy) is 2. The summed E-state index contributed by atoms with van der Waals surface area (Å²) in [6, 6.07) is 0. The zero-order valence-electron chi connectivity index (χ0n) is 27.9. The molecule has 0 aliphatic heterocycles. The van der Waals surface area contributed by atoms with Gasteiger partial charge in [-0.15, -0.1) is 0 Å². The number of carbonyl (C=O) groups excluding carboxylic acids is 2. The molecule has 0 amide bonds. The minimum atomic E-state index is -0.817. The number of hydrogen-bond donors (Lipinski definition) is 1. The van der Waals surface area contributed by atoms with Crippen molar-refractivity contribution >= 4 is 11.9 Å². The van der Waals surface area contributed by atoms with Crippen molar-refractivity contribution in [2.75, 3.05) is 13.2 Å². The lowest BCUT2D eigenvalue weighted by molar-refractivity contribution is -0.161. The van der Waals surface area contributed by atoms with Crippen molar-refractivity contribution in [3.05, 3.63) is 85.1 Å². The largest absolute Gasteiger partial charge is 0.462 e. The molecule has 1 N–H and O–H groups in total. The molecule has 0 saturated heterocycles. The third-order valence-corrected chi connectivity index (χ3v) is 6.69. The summed E-state index contributed by atoms with van der Waals surface area (Å²) in [6.45, 7) is 3.88. The van der Waals surface area contributed by atoms with Crippen LogP contribution < -0.4 is 0 Å². The van der Waals surface area contributed by atoms with E-state index in [0.29, 0.717) is 12.8 Å². The number of carbonyl (C=O) groups is 2. The Morgan fingerprint density at radius 1 is 0.545 bits per heavy atom. The maximum Gasteiger partial charge on any atom is 0.306 e. The molecule has 0 fully saturated rings. The highest BCUT2D eigenvalue weighted by Crippen LogP contribution is 2.09. The molecule has 0 aromatic carbocycles. The average Bonchev–Trinajstić information content (AvgIpc) is 3.02. The summed E-state index contributed by atoms with van der Waals surface area (Å²) >= 11 is 0. The lowest BCUT2D eigenvalue weighted by atomic mass is 10.1. The molecule has 0 saturated carbocycles. The van der Waals surface area contributed by atoms with Crippen molar-refractivity contribution in [3.8, 4) is 0 Å². The van der Waals surface area contributed by atoms with E-state index in [1.165, 1.54) is 32.1 Å². The molecule has 1 unspecified atom stereocenters. The summed E-state index contributed by atoms with van der Waals surface area (Å²) < 4.78 is 10.5. The molecule has 44 heavy (non-hydrogen) atoms. The average molecular weight is 611 g/mol. The molecule has 0 aliphatic rings. The molecule has 0 bridgehead atoms. The van der Waals surface area contributed by atoms with Crippen LogP contribution in [0.5, 0.6) is 0 Å². The van der Waals surface area contributed by atoms with Crippen LogP contribution in [0.15, 0.2) is 85.1 Å². The van der Waals surface area contributed by atoms with Gasteiger partial charge in [-0.1, -0.05) is 131 Å². The second-order valence-corrected chi connectivity index (χ2v) is 10.9. The molecule has 248 valence electrons. The summed E-state index contributed by atoms with van der Waals surface area (Å²) in [4.78, 5) is 24.1. The fourth-order valence-corrected chi connectivity index (χ4v) is 4.09. The first-order chi connectivity index (χ1) is 21.6. The smallest absolute Gasteiger partial charge is 0.306 e. The predicted molar refractivity (Wildman–Crippen MR) is 186 cm³/mol. The Hall–Kier alpha value is -2.92. The van der Waals surface area contributed by atoms with Gasteiger partial charge in [0, 0.05) is 12.8 Å². The lowest BCUT2D eigenvalue weighted by Crippen LogP contribution is -2.28. The first-order valence-electron chi connectivity index (χ1n) is 17.1. The number of allylic oxidation sites excluding steroid dienone is 14. The minimum Gasteiger partial charge on any atom is -0.462 e. The second kappa shape index (κ2) is 34.6. The molecule has 5 heteroatoms. The van der Waals surface area contributed by atoms with Crippen LogP contribution in [0, 0.1) is 0 Å². The van der Waals surface area contributed by atoms with Crippen molar-refractivity contribution in [2.45, 2.75) is 136 Å². The van der Waals surface area contributed by atoms with E-state index in [1.54, 1.807) is 0 Å². The van der Waals surface area contributed by atoms with Crippen molar-refractivity contribution in [3.63, 3.8) is 0 Å². The first kappa shape index (κ1) is 41.1. The molecular formula is C39H62O5. The predicted octanol–water partition coefficient (Wildman–Crippen LogP) is 10.4. The topological polar surface area (TPSA) is 72.8 Å². The van der Waals surface area contributed by atoms with Crippen molar-refractivity contribution in [1.82, 2.24) is 0 Å². The quantitative estimate of drug-likeness (QED) is 0.0518. The van der Waals surface area contributed by atoms with Gasteiger partial charge in [-0.05, 0) is 70.6 Å². The van der Waals surface area contributed by atoms with Gasteiger partial charge >= 0.3 is 11.9 Å². The van der Waals surface area contributed by atoms with Gasteiger partial charge in [0.25, 0.3) is 0 Å². The Kier molecular flexibility index (Phi) is 32.3. The third-order valence-electron chi connectivity index (χ3n) is 6.69. The van der Waals surface area contributed by atoms with Crippen LogP contribution in [0.3, 0.4) is 0 Å². The maximum atomic E-state index is 12.1. The van der Waals surface area contributed by atoms with E-state index in [1.807, 2.05) is 12.2 Å². The molecule has 0 heterocycles. The van der Waals surface area contributed by atoms with Crippen molar-refractivity contribution < 1.29 is 24.2 Å². The normalized spacial score (nSPS) is 13.2. The summed E-state index contributed by atoms with van der Waals surface area (Å²) in [5, 5.41) is 9.49. The van der Waals surface area contributed by atoms with E-state index in [2.05, 4.69) is 86.8 Å². The fraction of sp³-hybridized carbons (Fsp3) is 0.590. The maximum absolute atomic E-state index is 12.1. The van der Waals surface area contributed by atoms with Gasteiger partial charge in [0.15, 0.2) is 6.10 Å². The van der Waals surface area contributed by atoms with Gasteiger partial charge in [0.1, 0.15) is 6.61 Å². The van der Waals surface area contributed by atoms with Gasteiger partial charge < -0.3 is 14.6 Å². The van der Waals surface area contributed by atoms with E-state index in [0.717, 1.165) is 64.2 Å². The van der Waals surface area contributed by atoms with Crippen LogP contribution in [-0.4, -0.2) is 36.4 Å². The van der Waals surface area contributed by atoms with E-state index in [-0.39, 0.29) is 25.6 Å². The molecule has 0 aromatic rings. The molecule has 0 aliphatic carbocycles. The van der Waals surface area contributed by atoms with Crippen LogP contribution in [0.4, 0.5) is 0 Å². The molecule has 1 atom stereocenters.